The van der Waals surface area contributed by atoms with Crippen molar-refractivity contribution in [2.24, 2.45) is 11.3 Å². The fourth-order valence-electron chi connectivity index (χ4n) is 1.46. The van der Waals surface area contributed by atoms with Crippen LogP contribution in [0.2, 0.25) is 0 Å². The van der Waals surface area contributed by atoms with Crippen LogP contribution in [0.15, 0.2) is 0 Å². The molecule has 0 bridgehead atoms. The van der Waals surface area contributed by atoms with E-state index in [1.54, 1.807) is 0 Å². The molecule has 2 heteroatoms. The summed E-state index contributed by atoms with van der Waals surface area (Å²) in [6, 6.07) is 0. The molecule has 0 rings (SSSR count). The molecule has 0 aromatic carbocycles. The Morgan fingerprint density at radius 1 is 1.08 bits per heavy atom. The normalized spacial score (nSPS) is 12.5. The lowest BCUT2D eigenvalue weighted by molar-refractivity contribution is 0.0568. The molecule has 0 aromatic rings. The van der Waals surface area contributed by atoms with Crippen molar-refractivity contribution >= 4 is 0 Å². The largest absolute Gasteiger partial charge is 0.396 e. The minimum absolute atomic E-state index is 0.0870. The molecule has 0 heterocycles. The van der Waals surface area contributed by atoms with Crippen LogP contribution in [0.5, 0.6) is 0 Å². The Morgan fingerprint density at radius 2 is 1.54 bits per heavy atom. The van der Waals surface area contributed by atoms with Crippen LogP contribution in [0.4, 0.5) is 0 Å². The molecule has 0 saturated heterocycles. The molecular formula is C11H24O2. The Balaban J connectivity index is 3.83. The van der Waals surface area contributed by atoms with Gasteiger partial charge in [-0.05, 0) is 18.8 Å². The number of aliphatic hydroxyl groups is 2. The first-order valence-electron chi connectivity index (χ1n) is 5.33. The van der Waals surface area contributed by atoms with Gasteiger partial charge in [0, 0.05) is 5.41 Å². The SMILES string of the molecule is CCC(CC)CCC(C)(CO)CO. The van der Waals surface area contributed by atoms with E-state index in [0.29, 0.717) is 0 Å². The molecule has 0 fully saturated rings. The molecule has 2 N–H and O–H groups in total. The highest BCUT2D eigenvalue weighted by Crippen LogP contribution is 2.26. The van der Waals surface area contributed by atoms with Crippen molar-refractivity contribution in [1.82, 2.24) is 0 Å². The van der Waals surface area contributed by atoms with Crippen molar-refractivity contribution in [3.05, 3.63) is 0 Å². The van der Waals surface area contributed by atoms with Gasteiger partial charge in [0.05, 0.1) is 13.2 Å². The van der Waals surface area contributed by atoms with E-state index in [0.717, 1.165) is 18.8 Å². The minimum atomic E-state index is -0.275. The van der Waals surface area contributed by atoms with Crippen LogP contribution in [-0.2, 0) is 0 Å². The van der Waals surface area contributed by atoms with Crippen molar-refractivity contribution in [3.8, 4) is 0 Å². The van der Waals surface area contributed by atoms with Crippen LogP contribution < -0.4 is 0 Å². The van der Waals surface area contributed by atoms with Gasteiger partial charge in [0.25, 0.3) is 0 Å². The molecule has 0 aliphatic heterocycles. The van der Waals surface area contributed by atoms with Crippen molar-refractivity contribution in [2.45, 2.75) is 46.5 Å². The van der Waals surface area contributed by atoms with E-state index in [1.807, 2.05) is 6.92 Å². The quantitative estimate of drug-likeness (QED) is 0.643. The van der Waals surface area contributed by atoms with Gasteiger partial charge in [0.2, 0.25) is 0 Å². The summed E-state index contributed by atoms with van der Waals surface area (Å²) < 4.78 is 0. The second kappa shape index (κ2) is 6.39. The Morgan fingerprint density at radius 3 is 1.85 bits per heavy atom. The third-order valence-electron chi connectivity index (χ3n) is 3.07. The third kappa shape index (κ3) is 4.63. The second-order valence-corrected chi connectivity index (χ2v) is 4.35. The lowest BCUT2D eigenvalue weighted by Crippen LogP contribution is -2.26. The van der Waals surface area contributed by atoms with Gasteiger partial charge in [-0.2, -0.15) is 0 Å². The van der Waals surface area contributed by atoms with Crippen molar-refractivity contribution < 1.29 is 10.2 Å². The zero-order valence-electron chi connectivity index (χ0n) is 9.21. The fraction of sp³-hybridized carbons (Fsp3) is 1.00. The molecule has 80 valence electrons. The second-order valence-electron chi connectivity index (χ2n) is 4.35. The number of aliphatic hydroxyl groups excluding tert-OH is 2. The highest BCUT2D eigenvalue weighted by Gasteiger charge is 2.22. The molecule has 0 unspecified atom stereocenters. The maximum Gasteiger partial charge on any atom is 0.0506 e. The molecule has 0 aliphatic carbocycles. The molecule has 0 atom stereocenters. The van der Waals surface area contributed by atoms with E-state index >= 15 is 0 Å². The van der Waals surface area contributed by atoms with Crippen LogP contribution in [0.25, 0.3) is 0 Å². The standard InChI is InChI=1S/C11H24O2/c1-4-10(5-2)6-7-11(3,8-12)9-13/h10,12-13H,4-9H2,1-3H3. The van der Waals surface area contributed by atoms with Gasteiger partial charge in [-0.1, -0.05) is 33.6 Å². The summed E-state index contributed by atoms with van der Waals surface area (Å²) >= 11 is 0. The van der Waals surface area contributed by atoms with E-state index in [1.165, 1.54) is 12.8 Å². The first kappa shape index (κ1) is 12.9. The topological polar surface area (TPSA) is 40.5 Å². The highest BCUT2D eigenvalue weighted by atomic mass is 16.3. The molecule has 2 nitrogen and oxygen atoms in total. The summed E-state index contributed by atoms with van der Waals surface area (Å²) in [5.41, 5.74) is -0.275. The monoisotopic (exact) mass is 188 g/mol. The summed E-state index contributed by atoms with van der Waals surface area (Å²) in [6.07, 6.45) is 4.43. The lowest BCUT2D eigenvalue weighted by atomic mass is 9.83. The average Bonchev–Trinajstić information content (AvgIpc) is 2.19. The maximum absolute atomic E-state index is 9.08. The molecule has 0 amide bonds. The first-order chi connectivity index (χ1) is 6.11. The fourth-order valence-corrected chi connectivity index (χ4v) is 1.46. The summed E-state index contributed by atoms with van der Waals surface area (Å²) in [5.74, 6) is 0.748. The Labute approximate surface area is 82.0 Å². The summed E-state index contributed by atoms with van der Waals surface area (Å²) in [6.45, 7) is 6.51. The smallest absolute Gasteiger partial charge is 0.0506 e. The molecule has 0 spiro atoms. The van der Waals surface area contributed by atoms with Gasteiger partial charge >= 0.3 is 0 Å². The van der Waals surface area contributed by atoms with E-state index in [2.05, 4.69) is 13.8 Å². The van der Waals surface area contributed by atoms with Gasteiger partial charge in [-0.15, -0.1) is 0 Å². The molecule has 0 aliphatic rings. The highest BCUT2D eigenvalue weighted by molar-refractivity contribution is 4.73. The predicted octanol–water partition coefficient (Wildman–Crippen LogP) is 2.19. The number of rotatable bonds is 7. The average molecular weight is 188 g/mol. The zero-order valence-corrected chi connectivity index (χ0v) is 9.21. The summed E-state index contributed by atoms with van der Waals surface area (Å²) in [4.78, 5) is 0. The van der Waals surface area contributed by atoms with Gasteiger partial charge in [0.1, 0.15) is 0 Å². The Kier molecular flexibility index (Phi) is 6.35. The molecule has 0 aromatic heterocycles. The van der Waals surface area contributed by atoms with Crippen molar-refractivity contribution in [3.63, 3.8) is 0 Å². The summed E-state index contributed by atoms with van der Waals surface area (Å²) in [5, 5.41) is 18.2. The molecular weight excluding hydrogens is 164 g/mol. The first-order valence-corrected chi connectivity index (χ1v) is 5.33. The maximum atomic E-state index is 9.08. The van der Waals surface area contributed by atoms with Crippen molar-refractivity contribution in [1.29, 1.82) is 0 Å². The van der Waals surface area contributed by atoms with Gasteiger partial charge < -0.3 is 10.2 Å². The summed E-state index contributed by atoms with van der Waals surface area (Å²) in [7, 11) is 0. The van der Waals surface area contributed by atoms with E-state index in [4.69, 9.17) is 10.2 Å². The predicted molar refractivity (Wildman–Crippen MR) is 55.6 cm³/mol. The molecule has 0 saturated carbocycles. The van der Waals surface area contributed by atoms with Crippen LogP contribution in [0.1, 0.15) is 46.5 Å². The Bertz CT molecular complexity index is 115. The van der Waals surface area contributed by atoms with Crippen molar-refractivity contribution in [2.75, 3.05) is 13.2 Å². The van der Waals surface area contributed by atoms with E-state index < -0.39 is 0 Å². The van der Waals surface area contributed by atoms with Crippen LogP contribution in [0, 0.1) is 11.3 Å². The van der Waals surface area contributed by atoms with Gasteiger partial charge in [-0.3, -0.25) is 0 Å². The number of hydrogen-bond acceptors (Lipinski definition) is 2. The minimum Gasteiger partial charge on any atom is -0.396 e. The number of hydrogen-bond donors (Lipinski definition) is 2. The van der Waals surface area contributed by atoms with Gasteiger partial charge in [0.15, 0.2) is 0 Å². The molecule has 13 heavy (non-hydrogen) atoms. The van der Waals surface area contributed by atoms with Gasteiger partial charge in [-0.25, -0.2) is 0 Å². The third-order valence-corrected chi connectivity index (χ3v) is 3.07. The van der Waals surface area contributed by atoms with E-state index in [-0.39, 0.29) is 18.6 Å². The van der Waals surface area contributed by atoms with Crippen LogP contribution in [-0.4, -0.2) is 23.4 Å². The Hall–Kier alpha value is -0.0800. The lowest BCUT2D eigenvalue weighted by Gasteiger charge is -2.26. The molecule has 0 radical (unpaired) electrons. The van der Waals surface area contributed by atoms with Crippen LogP contribution >= 0.6 is 0 Å². The zero-order chi connectivity index (χ0) is 10.3. The van der Waals surface area contributed by atoms with E-state index in [9.17, 15) is 0 Å². The van der Waals surface area contributed by atoms with Crippen LogP contribution in [0.3, 0.4) is 0 Å².